The molecule has 0 unspecified atom stereocenters. The molecule has 7 rings (SSSR count). The Balaban J connectivity index is 0.000000267. The van der Waals surface area contributed by atoms with Crippen LogP contribution < -0.4 is 36.7 Å². The fraction of sp³-hybridized carbons (Fsp3) is 0.288. The number of carbonyl (C=O) groups excluding carboxylic acids is 2. The van der Waals surface area contributed by atoms with Crippen LogP contribution in [0.15, 0.2) is 249 Å². The second-order valence-corrected chi connectivity index (χ2v) is 34.4. The Morgan fingerprint density at radius 3 is 1.00 bits per heavy atom. The van der Waals surface area contributed by atoms with Crippen molar-refractivity contribution in [3.8, 4) is 0 Å². The molecule has 7 nitrogen and oxygen atoms in total. The summed E-state index contributed by atoms with van der Waals surface area (Å²) in [7, 11) is 2.28. The first-order valence-corrected chi connectivity index (χ1v) is 34.3. The van der Waals surface area contributed by atoms with E-state index in [9.17, 15) is 9.59 Å². The first-order valence-electron chi connectivity index (χ1n) is 28.6. The largest absolute Gasteiger partial charge is 0.407 e. The molecule has 0 saturated carbocycles. The normalized spacial score (nSPS) is 11.8. The Labute approximate surface area is 502 Å². The molecule has 0 fully saturated rings. The molecule has 7 aromatic rings. The van der Waals surface area contributed by atoms with Crippen molar-refractivity contribution in [1.82, 2.24) is 9.80 Å². The van der Waals surface area contributed by atoms with Gasteiger partial charge in [-0.05, 0) is 85.4 Å². The predicted octanol–water partition coefficient (Wildman–Crippen LogP) is 13.3. The minimum Gasteiger partial charge on any atom is -0.407 e. The van der Waals surface area contributed by atoms with E-state index in [1.54, 1.807) is 44.1 Å². The maximum atomic E-state index is 12.8. The molecule has 436 valence electrons. The summed E-state index contributed by atoms with van der Waals surface area (Å²) in [5.74, 6) is 2.00. The van der Waals surface area contributed by atoms with Crippen LogP contribution in [0.3, 0.4) is 0 Å². The lowest BCUT2D eigenvalue weighted by Gasteiger charge is -2.43. The molecule has 0 saturated heterocycles. The zero-order chi connectivity index (χ0) is 59.3. The van der Waals surface area contributed by atoms with Crippen molar-refractivity contribution >= 4 is 77.8 Å². The number of hydrogen-bond donors (Lipinski definition) is 0. The first kappa shape index (κ1) is 68.3. The summed E-state index contributed by atoms with van der Waals surface area (Å²) in [6.07, 6.45) is 16.6. The monoisotopic (exact) mass is 1160 g/mol. The highest BCUT2D eigenvalue weighted by molar-refractivity contribution is 7.95. The smallest absolute Gasteiger partial charge is 0.261 e. The van der Waals surface area contributed by atoms with Crippen LogP contribution in [0.4, 0.5) is 0 Å². The van der Waals surface area contributed by atoms with E-state index in [-0.39, 0.29) is 29.3 Å². The van der Waals surface area contributed by atoms with Crippen LogP contribution in [0.25, 0.3) is 4.85 Å². The maximum absolute atomic E-state index is 12.8. The number of carbonyl (C=O) groups is 2. The average Bonchev–Trinajstić information content (AvgIpc) is 2.07. The summed E-state index contributed by atoms with van der Waals surface area (Å²) in [6.45, 7) is 20.4. The standard InChI is InChI=1S/C27H37NO2Si.C23H29NOSi.C22H22NOP.CH4/c1-27(2,3)31(24-18-12-10-13-19-24,25-20-14-11-15-21-25)30-23-17-9-7-6-8-16-22-26(29)28(4)5;1-23(2,3)26(21-15-9-7-10-16-21,22-17-11-8-12-18-22)25-20-14-6-5-13-19-24-4;1-23(2)22(24)18-25(19-12-6-3-7-13-19,20-14-8-4-9-15-20)21-16-10-5-11-17-21;/h7,9-16,18-22H,6,8,17,23H2,1-5H3;5-12,15-18H,13-14,19-20H2,1-3H3;3-18H,1-2H3;1H4/b9-7+,22-16+;6-5+;;. The van der Waals surface area contributed by atoms with Gasteiger partial charge in [0, 0.05) is 53.6 Å². The highest BCUT2D eigenvalue weighted by Gasteiger charge is 2.51. The number of benzene rings is 7. The number of nitrogens with zero attached hydrogens (tertiary/aromatic N) is 3. The summed E-state index contributed by atoms with van der Waals surface area (Å²) < 4.78 is 13.7. The van der Waals surface area contributed by atoms with Gasteiger partial charge in [-0.3, -0.25) is 9.59 Å². The fourth-order valence-electron chi connectivity index (χ4n) is 10.2. The van der Waals surface area contributed by atoms with Crippen LogP contribution in [0.2, 0.25) is 10.1 Å². The number of rotatable bonds is 22. The summed E-state index contributed by atoms with van der Waals surface area (Å²) in [6, 6.07) is 74.1. The number of allylic oxidation sites excluding steroid dienone is 2. The van der Waals surface area contributed by atoms with Crippen molar-refractivity contribution in [3.63, 3.8) is 0 Å². The van der Waals surface area contributed by atoms with Gasteiger partial charge in [-0.1, -0.05) is 292 Å². The molecule has 2 amide bonds. The maximum Gasteiger partial charge on any atom is 0.261 e. The molecule has 0 N–H and O–H groups in total. The lowest BCUT2D eigenvalue weighted by atomic mass is 10.2. The predicted molar refractivity (Wildman–Crippen MR) is 364 cm³/mol. The van der Waals surface area contributed by atoms with Gasteiger partial charge in [-0.2, -0.15) is 0 Å². The van der Waals surface area contributed by atoms with Crippen LogP contribution in [0.1, 0.15) is 81.1 Å². The van der Waals surface area contributed by atoms with E-state index < -0.39 is 23.5 Å². The quantitative estimate of drug-likeness (QED) is 0.0169. The molecule has 0 bridgehead atoms. The zero-order valence-electron chi connectivity index (χ0n) is 50.3. The topological polar surface area (TPSA) is 63.4 Å². The van der Waals surface area contributed by atoms with Crippen LogP contribution in [0, 0.1) is 6.57 Å². The Hall–Kier alpha value is -7.16. The number of amides is 2. The second-order valence-electron chi connectivity index (χ2n) is 22.5. The van der Waals surface area contributed by atoms with Gasteiger partial charge in [0.05, 0.1) is 0 Å². The lowest BCUT2D eigenvalue weighted by molar-refractivity contribution is -0.123. The van der Waals surface area contributed by atoms with Crippen molar-refractivity contribution in [1.29, 1.82) is 0 Å². The van der Waals surface area contributed by atoms with Crippen LogP contribution in [0.5, 0.6) is 0 Å². The summed E-state index contributed by atoms with van der Waals surface area (Å²) in [5, 5.41) is 8.83. The zero-order valence-corrected chi connectivity index (χ0v) is 53.2. The van der Waals surface area contributed by atoms with Crippen molar-refractivity contribution in [2.75, 3.05) is 47.9 Å². The third kappa shape index (κ3) is 18.9. The molecule has 7 aromatic carbocycles. The molecule has 0 aliphatic carbocycles. The highest BCUT2D eigenvalue weighted by Crippen LogP contribution is 2.44. The molecule has 10 heteroatoms. The van der Waals surface area contributed by atoms with Crippen molar-refractivity contribution in [2.24, 2.45) is 0 Å². The van der Waals surface area contributed by atoms with Gasteiger partial charge in [0.2, 0.25) is 18.4 Å². The number of unbranched alkanes of at least 4 members (excludes halogenated alkanes) is 1. The molecule has 83 heavy (non-hydrogen) atoms. The van der Waals surface area contributed by atoms with E-state index in [1.807, 2.05) is 66.5 Å². The van der Waals surface area contributed by atoms with E-state index in [4.69, 9.17) is 15.4 Å². The van der Waals surface area contributed by atoms with Gasteiger partial charge in [-0.15, -0.1) is 0 Å². The summed E-state index contributed by atoms with van der Waals surface area (Å²) in [5.41, 5.74) is 0. The van der Waals surface area contributed by atoms with Crippen LogP contribution in [-0.2, 0) is 18.4 Å². The summed E-state index contributed by atoms with van der Waals surface area (Å²) >= 11 is 0. The molecule has 0 aliphatic rings. The van der Waals surface area contributed by atoms with Gasteiger partial charge in [0.25, 0.3) is 16.6 Å². The van der Waals surface area contributed by atoms with E-state index in [0.29, 0.717) is 19.8 Å². The minimum atomic E-state index is -2.44. The number of likely N-dealkylation sites (N-methyl/N-ethyl adjacent to an activating group) is 1. The van der Waals surface area contributed by atoms with Gasteiger partial charge in [-0.25, -0.2) is 6.57 Å². The Morgan fingerprint density at radius 2 is 0.711 bits per heavy atom. The van der Waals surface area contributed by atoms with Crippen molar-refractivity contribution in [3.05, 3.63) is 260 Å². The second kappa shape index (κ2) is 34.4. The molecule has 0 atom stereocenters. The van der Waals surface area contributed by atoms with E-state index in [0.717, 1.165) is 32.1 Å². The van der Waals surface area contributed by atoms with E-state index in [2.05, 4.69) is 228 Å². The molecule has 0 spiro atoms. The fourth-order valence-corrected chi connectivity index (χ4v) is 23.2. The molecular formula is C73H92N3O4PSi2. The van der Waals surface area contributed by atoms with Gasteiger partial charge >= 0.3 is 0 Å². The van der Waals surface area contributed by atoms with Crippen molar-refractivity contribution < 1.29 is 18.4 Å². The van der Waals surface area contributed by atoms with Gasteiger partial charge < -0.3 is 23.5 Å². The Morgan fingerprint density at radius 1 is 0.434 bits per heavy atom. The molecule has 0 aromatic heterocycles. The molecule has 0 radical (unpaired) electrons. The van der Waals surface area contributed by atoms with Gasteiger partial charge in [0.15, 0.2) is 0 Å². The number of hydrogen-bond acceptors (Lipinski definition) is 4. The average molecular weight is 1160 g/mol. The molecule has 0 heterocycles. The SMILES string of the molecule is C.CN(C)C(=O)/C=C/CC/C=C/CCO[Si](c1ccccc1)(c1ccccc1)C(C)(C)C.CN(C)C(=O)C=P(c1ccccc1)(c1ccccc1)c1ccccc1.[C-]#[N+]CC/C=C/CCO[Si](c1ccccc1)(c1ccccc1)C(C)(C)C. The Kier molecular flexibility index (Phi) is 28.4. The third-order valence-corrected chi connectivity index (χ3v) is 28.2. The van der Waals surface area contributed by atoms with E-state index in [1.165, 1.54) is 36.7 Å². The lowest BCUT2D eigenvalue weighted by Crippen LogP contribution is -2.66. The van der Waals surface area contributed by atoms with Crippen LogP contribution >= 0.6 is 6.89 Å². The molecular weight excluding hydrogens is 1070 g/mol. The van der Waals surface area contributed by atoms with Gasteiger partial charge in [0.1, 0.15) is 0 Å². The molecule has 0 aliphatic heterocycles. The van der Waals surface area contributed by atoms with Crippen LogP contribution in [-0.4, -0.2) is 92.0 Å². The third-order valence-electron chi connectivity index (χ3n) is 14.2. The summed E-state index contributed by atoms with van der Waals surface area (Å²) in [4.78, 5) is 30.9. The van der Waals surface area contributed by atoms with E-state index >= 15 is 0 Å². The minimum absolute atomic E-state index is 0. The first-order chi connectivity index (χ1) is 39.5. The Bertz CT molecular complexity index is 2970. The highest BCUT2D eigenvalue weighted by atomic mass is 31.2. The van der Waals surface area contributed by atoms with Crippen molar-refractivity contribution in [2.45, 2.75) is 91.1 Å².